The molecule has 0 radical (unpaired) electrons. The number of benzene rings is 1. The molecule has 19 heavy (non-hydrogen) atoms. The SMILES string of the molecule is CNc1nc(-c2ccc(OC)c(C(C)C)c2)c(C)s1. The molecule has 0 amide bonds. The third-order valence-electron chi connectivity index (χ3n) is 3.14. The van der Waals surface area contributed by atoms with Crippen molar-refractivity contribution in [3.8, 4) is 17.0 Å². The van der Waals surface area contributed by atoms with Crippen LogP contribution in [0.4, 0.5) is 5.13 Å². The molecule has 0 aliphatic rings. The third kappa shape index (κ3) is 2.73. The molecule has 1 aromatic carbocycles. The number of aryl methyl sites for hydroxylation is 1. The van der Waals surface area contributed by atoms with E-state index in [2.05, 4.69) is 43.2 Å². The van der Waals surface area contributed by atoms with Gasteiger partial charge < -0.3 is 10.1 Å². The molecule has 0 saturated heterocycles. The number of thiazole rings is 1. The van der Waals surface area contributed by atoms with Crippen molar-refractivity contribution >= 4 is 16.5 Å². The molecule has 0 bridgehead atoms. The third-order valence-corrected chi connectivity index (χ3v) is 4.12. The maximum atomic E-state index is 5.42. The van der Waals surface area contributed by atoms with Crippen molar-refractivity contribution < 1.29 is 4.74 Å². The van der Waals surface area contributed by atoms with Gasteiger partial charge in [-0.1, -0.05) is 13.8 Å². The molecule has 0 unspecified atom stereocenters. The second kappa shape index (κ2) is 5.61. The number of hydrogen-bond donors (Lipinski definition) is 1. The van der Waals surface area contributed by atoms with E-state index in [1.807, 2.05) is 13.1 Å². The van der Waals surface area contributed by atoms with Gasteiger partial charge in [-0.05, 0) is 36.6 Å². The van der Waals surface area contributed by atoms with Crippen molar-refractivity contribution in [2.24, 2.45) is 0 Å². The van der Waals surface area contributed by atoms with E-state index in [0.717, 1.165) is 22.1 Å². The maximum absolute atomic E-state index is 5.42. The number of anilines is 1. The lowest BCUT2D eigenvalue weighted by atomic mass is 9.98. The molecule has 0 aliphatic carbocycles. The Labute approximate surface area is 118 Å². The summed E-state index contributed by atoms with van der Waals surface area (Å²) in [7, 11) is 3.61. The summed E-state index contributed by atoms with van der Waals surface area (Å²) in [6.45, 7) is 6.45. The second-order valence-electron chi connectivity index (χ2n) is 4.79. The van der Waals surface area contributed by atoms with E-state index in [0.29, 0.717) is 5.92 Å². The van der Waals surface area contributed by atoms with Crippen LogP contribution < -0.4 is 10.1 Å². The van der Waals surface area contributed by atoms with Crippen LogP contribution in [-0.4, -0.2) is 19.1 Å². The van der Waals surface area contributed by atoms with Crippen LogP contribution in [0.5, 0.6) is 5.75 Å². The van der Waals surface area contributed by atoms with Crippen LogP contribution in [0, 0.1) is 6.92 Å². The molecule has 0 atom stereocenters. The summed E-state index contributed by atoms with van der Waals surface area (Å²) in [6.07, 6.45) is 0. The molecule has 0 spiro atoms. The summed E-state index contributed by atoms with van der Waals surface area (Å²) in [5, 5.41) is 4.05. The highest BCUT2D eigenvalue weighted by atomic mass is 32.1. The van der Waals surface area contributed by atoms with Crippen LogP contribution in [0.2, 0.25) is 0 Å². The zero-order valence-corrected chi connectivity index (χ0v) is 12.9. The van der Waals surface area contributed by atoms with Crippen molar-refractivity contribution in [1.29, 1.82) is 0 Å². The first-order valence-corrected chi connectivity index (χ1v) is 7.22. The van der Waals surface area contributed by atoms with Gasteiger partial charge in [-0.25, -0.2) is 4.98 Å². The highest BCUT2D eigenvalue weighted by molar-refractivity contribution is 7.15. The summed E-state index contributed by atoms with van der Waals surface area (Å²) in [5.74, 6) is 1.37. The molecule has 102 valence electrons. The van der Waals surface area contributed by atoms with E-state index in [1.54, 1.807) is 18.4 Å². The Morgan fingerprint density at radius 2 is 2.05 bits per heavy atom. The van der Waals surface area contributed by atoms with Crippen LogP contribution in [0.25, 0.3) is 11.3 Å². The quantitative estimate of drug-likeness (QED) is 0.904. The second-order valence-corrected chi connectivity index (χ2v) is 5.99. The highest BCUT2D eigenvalue weighted by Gasteiger charge is 2.13. The summed E-state index contributed by atoms with van der Waals surface area (Å²) < 4.78 is 5.42. The van der Waals surface area contributed by atoms with Gasteiger partial charge in [0.15, 0.2) is 5.13 Å². The van der Waals surface area contributed by atoms with Crippen LogP contribution in [0.3, 0.4) is 0 Å². The lowest BCUT2D eigenvalue weighted by Gasteiger charge is -2.13. The Balaban J connectivity index is 2.50. The topological polar surface area (TPSA) is 34.2 Å². The largest absolute Gasteiger partial charge is 0.496 e. The first-order valence-electron chi connectivity index (χ1n) is 6.40. The summed E-state index contributed by atoms with van der Waals surface area (Å²) >= 11 is 1.68. The Bertz CT molecular complexity index is 576. The smallest absolute Gasteiger partial charge is 0.183 e. The standard InChI is InChI=1S/C15H20N2OS/c1-9(2)12-8-11(6-7-13(12)18-5)14-10(3)19-15(16-4)17-14/h6-9H,1-5H3,(H,16,17). The number of aromatic nitrogens is 1. The summed E-state index contributed by atoms with van der Waals surface area (Å²) in [5.41, 5.74) is 3.43. The molecular weight excluding hydrogens is 256 g/mol. The van der Waals surface area contributed by atoms with E-state index < -0.39 is 0 Å². The van der Waals surface area contributed by atoms with Gasteiger partial charge in [-0.2, -0.15) is 0 Å². The van der Waals surface area contributed by atoms with Gasteiger partial charge in [0.2, 0.25) is 0 Å². The van der Waals surface area contributed by atoms with Crippen LogP contribution in [0.1, 0.15) is 30.2 Å². The molecular formula is C15H20N2OS. The number of nitrogens with one attached hydrogen (secondary N) is 1. The first kappa shape index (κ1) is 13.9. The van der Waals surface area contributed by atoms with E-state index in [-0.39, 0.29) is 0 Å². The van der Waals surface area contributed by atoms with Gasteiger partial charge in [0, 0.05) is 17.5 Å². The van der Waals surface area contributed by atoms with E-state index in [4.69, 9.17) is 4.74 Å². The number of rotatable bonds is 4. The minimum absolute atomic E-state index is 0.428. The molecule has 0 saturated carbocycles. The summed E-state index contributed by atoms with van der Waals surface area (Å²) in [4.78, 5) is 5.85. The fourth-order valence-electron chi connectivity index (χ4n) is 2.10. The lowest BCUT2D eigenvalue weighted by Crippen LogP contribution is -1.95. The Kier molecular flexibility index (Phi) is 4.10. The average molecular weight is 276 g/mol. The van der Waals surface area contributed by atoms with Gasteiger partial charge in [-0.3, -0.25) is 0 Å². The number of hydrogen-bond acceptors (Lipinski definition) is 4. The zero-order valence-electron chi connectivity index (χ0n) is 12.1. The van der Waals surface area contributed by atoms with Gasteiger partial charge in [0.1, 0.15) is 5.75 Å². The van der Waals surface area contributed by atoms with Crippen LogP contribution >= 0.6 is 11.3 Å². The normalized spacial score (nSPS) is 10.8. The monoisotopic (exact) mass is 276 g/mol. The molecule has 3 nitrogen and oxygen atoms in total. The average Bonchev–Trinajstić information content (AvgIpc) is 2.79. The predicted octanol–water partition coefficient (Wildman–Crippen LogP) is 4.29. The number of nitrogens with zero attached hydrogens (tertiary/aromatic N) is 1. The molecule has 1 heterocycles. The summed E-state index contributed by atoms with van der Waals surface area (Å²) in [6, 6.07) is 6.29. The van der Waals surface area contributed by atoms with Gasteiger partial charge in [0.05, 0.1) is 12.8 Å². The predicted molar refractivity (Wildman–Crippen MR) is 82.5 cm³/mol. The molecule has 2 rings (SSSR count). The first-order chi connectivity index (χ1) is 9.06. The molecule has 1 aromatic heterocycles. The van der Waals surface area contributed by atoms with Crippen molar-refractivity contribution in [3.63, 3.8) is 0 Å². The van der Waals surface area contributed by atoms with Crippen LogP contribution in [0.15, 0.2) is 18.2 Å². The Morgan fingerprint density at radius 3 is 2.58 bits per heavy atom. The molecule has 2 aromatic rings. The lowest BCUT2D eigenvalue weighted by molar-refractivity contribution is 0.407. The minimum atomic E-state index is 0.428. The van der Waals surface area contributed by atoms with E-state index in [1.165, 1.54) is 10.4 Å². The van der Waals surface area contributed by atoms with Gasteiger partial charge >= 0.3 is 0 Å². The fourth-order valence-corrected chi connectivity index (χ4v) is 2.89. The molecule has 0 aliphatic heterocycles. The van der Waals surface area contributed by atoms with Crippen molar-refractivity contribution in [1.82, 2.24) is 4.98 Å². The van der Waals surface area contributed by atoms with Gasteiger partial charge in [0.25, 0.3) is 0 Å². The number of ether oxygens (including phenoxy) is 1. The Hall–Kier alpha value is -1.55. The number of methoxy groups -OCH3 is 1. The van der Waals surface area contributed by atoms with Gasteiger partial charge in [-0.15, -0.1) is 11.3 Å². The molecule has 1 N–H and O–H groups in total. The highest BCUT2D eigenvalue weighted by Crippen LogP contribution is 2.35. The molecule has 0 fully saturated rings. The van der Waals surface area contributed by atoms with Crippen LogP contribution in [-0.2, 0) is 0 Å². The Morgan fingerprint density at radius 1 is 1.32 bits per heavy atom. The molecule has 4 heteroatoms. The van der Waals surface area contributed by atoms with Crippen molar-refractivity contribution in [2.75, 3.05) is 19.5 Å². The van der Waals surface area contributed by atoms with E-state index in [9.17, 15) is 0 Å². The van der Waals surface area contributed by atoms with Crippen molar-refractivity contribution in [2.45, 2.75) is 26.7 Å². The van der Waals surface area contributed by atoms with E-state index >= 15 is 0 Å². The maximum Gasteiger partial charge on any atom is 0.183 e. The zero-order chi connectivity index (χ0) is 14.0. The fraction of sp³-hybridized carbons (Fsp3) is 0.400. The van der Waals surface area contributed by atoms with Crippen molar-refractivity contribution in [3.05, 3.63) is 28.6 Å². The minimum Gasteiger partial charge on any atom is -0.496 e.